The molecule has 1 rings (SSSR count). The molecule has 0 saturated heterocycles. The van der Waals surface area contributed by atoms with Gasteiger partial charge in [-0.25, -0.2) is 8.42 Å². The van der Waals surface area contributed by atoms with E-state index in [-0.39, 0.29) is 12.4 Å². The summed E-state index contributed by atoms with van der Waals surface area (Å²) in [5.74, 6) is 0.450. The molecule has 0 heterocycles. The number of hydrogen-bond acceptors (Lipinski definition) is 4. The van der Waals surface area contributed by atoms with Crippen molar-refractivity contribution in [3.63, 3.8) is 0 Å². The Kier molecular flexibility index (Phi) is 7.27. The molecule has 1 N–H and O–H groups in total. The smallest absolute Gasteiger partial charge is 0.155 e. The molecule has 0 fully saturated rings. The minimum Gasteiger partial charge on any atom is -0.491 e. The van der Waals surface area contributed by atoms with Gasteiger partial charge in [-0.1, -0.05) is 30.1 Å². The Morgan fingerprint density at radius 2 is 1.95 bits per heavy atom. The van der Waals surface area contributed by atoms with Gasteiger partial charge in [0.05, 0.1) is 16.0 Å². The van der Waals surface area contributed by atoms with Crippen molar-refractivity contribution >= 4 is 33.0 Å². The number of halogens is 2. The van der Waals surface area contributed by atoms with Crippen LogP contribution >= 0.6 is 23.2 Å². The van der Waals surface area contributed by atoms with E-state index in [1.807, 2.05) is 6.92 Å². The third-order valence-electron chi connectivity index (χ3n) is 2.98. The predicted molar refractivity (Wildman–Crippen MR) is 88.3 cm³/mol. The van der Waals surface area contributed by atoms with E-state index in [1.54, 1.807) is 26.0 Å². The maximum atomic E-state index is 11.8. The summed E-state index contributed by atoms with van der Waals surface area (Å²) in [6, 6.07) is 3.35. The van der Waals surface area contributed by atoms with E-state index in [0.29, 0.717) is 22.3 Å². The van der Waals surface area contributed by atoms with Crippen LogP contribution < -0.4 is 10.1 Å². The van der Waals surface area contributed by atoms with Crippen LogP contribution in [0.5, 0.6) is 5.75 Å². The maximum Gasteiger partial charge on any atom is 0.155 e. The fourth-order valence-electron chi connectivity index (χ4n) is 1.66. The number of benzene rings is 1. The second-order valence-electron chi connectivity index (χ2n) is 4.92. The number of sulfone groups is 1. The molecule has 0 unspecified atom stereocenters. The highest BCUT2D eigenvalue weighted by Gasteiger charge is 2.17. The van der Waals surface area contributed by atoms with Crippen LogP contribution in [0.2, 0.25) is 10.0 Å². The van der Waals surface area contributed by atoms with E-state index in [9.17, 15) is 8.42 Å². The minimum absolute atomic E-state index is 0.0374. The van der Waals surface area contributed by atoms with Crippen LogP contribution in [-0.2, 0) is 16.4 Å². The van der Waals surface area contributed by atoms with Crippen LogP contribution in [0.15, 0.2) is 12.1 Å². The lowest BCUT2D eigenvalue weighted by atomic mass is 10.2. The van der Waals surface area contributed by atoms with Crippen molar-refractivity contribution in [2.75, 3.05) is 18.9 Å². The standard InChI is InChI=1S/C14H21Cl2NO3S/c1-4-17-9-11-7-12(15)8-13(16)14(11)20-5-6-21(18,19)10(2)3/h7-8,10,17H,4-6,9H2,1-3H3. The monoisotopic (exact) mass is 353 g/mol. The van der Waals surface area contributed by atoms with Gasteiger partial charge < -0.3 is 10.1 Å². The van der Waals surface area contributed by atoms with Gasteiger partial charge in [0.2, 0.25) is 0 Å². The Hall–Kier alpha value is -0.490. The normalized spacial score (nSPS) is 11.9. The number of rotatable bonds is 8. The first-order chi connectivity index (χ1) is 9.77. The highest BCUT2D eigenvalue weighted by atomic mass is 35.5. The zero-order chi connectivity index (χ0) is 16.0. The van der Waals surface area contributed by atoms with Crippen molar-refractivity contribution in [2.24, 2.45) is 0 Å². The fraction of sp³-hybridized carbons (Fsp3) is 0.571. The maximum absolute atomic E-state index is 11.8. The molecule has 0 aliphatic heterocycles. The third-order valence-corrected chi connectivity index (χ3v) is 5.65. The van der Waals surface area contributed by atoms with Crippen molar-refractivity contribution < 1.29 is 13.2 Å². The molecule has 120 valence electrons. The van der Waals surface area contributed by atoms with Gasteiger partial charge in [0.1, 0.15) is 12.4 Å². The van der Waals surface area contributed by atoms with E-state index in [1.165, 1.54) is 0 Å². The van der Waals surface area contributed by atoms with Crippen LogP contribution in [0.4, 0.5) is 0 Å². The highest BCUT2D eigenvalue weighted by Crippen LogP contribution is 2.32. The molecule has 1 aromatic carbocycles. The lowest BCUT2D eigenvalue weighted by Gasteiger charge is -2.15. The van der Waals surface area contributed by atoms with E-state index < -0.39 is 15.1 Å². The molecule has 0 radical (unpaired) electrons. The Labute approximate surface area is 136 Å². The Morgan fingerprint density at radius 3 is 2.52 bits per heavy atom. The van der Waals surface area contributed by atoms with Crippen molar-refractivity contribution in [2.45, 2.75) is 32.6 Å². The average molecular weight is 354 g/mol. The lowest BCUT2D eigenvalue weighted by molar-refractivity contribution is 0.336. The molecule has 0 aromatic heterocycles. The zero-order valence-corrected chi connectivity index (χ0v) is 14.8. The second kappa shape index (κ2) is 8.22. The van der Waals surface area contributed by atoms with Gasteiger partial charge in [-0.3, -0.25) is 0 Å². The zero-order valence-electron chi connectivity index (χ0n) is 12.4. The largest absolute Gasteiger partial charge is 0.491 e. The molecule has 0 spiro atoms. The van der Waals surface area contributed by atoms with E-state index >= 15 is 0 Å². The first kappa shape index (κ1) is 18.6. The topological polar surface area (TPSA) is 55.4 Å². The van der Waals surface area contributed by atoms with Gasteiger partial charge in [0.15, 0.2) is 9.84 Å². The first-order valence-electron chi connectivity index (χ1n) is 6.81. The van der Waals surface area contributed by atoms with Gasteiger partial charge in [-0.15, -0.1) is 0 Å². The Balaban J connectivity index is 2.82. The second-order valence-corrected chi connectivity index (χ2v) is 8.44. The van der Waals surface area contributed by atoms with Crippen molar-refractivity contribution in [1.29, 1.82) is 0 Å². The summed E-state index contributed by atoms with van der Waals surface area (Å²) in [7, 11) is -3.13. The molecule has 0 saturated carbocycles. The van der Waals surface area contributed by atoms with Crippen molar-refractivity contribution in [3.05, 3.63) is 27.7 Å². The first-order valence-corrected chi connectivity index (χ1v) is 9.28. The molecule has 1 aromatic rings. The quantitative estimate of drug-likeness (QED) is 0.778. The van der Waals surface area contributed by atoms with Gasteiger partial charge in [0, 0.05) is 17.1 Å². The molecule has 0 bridgehead atoms. The average Bonchev–Trinajstić information content (AvgIpc) is 2.38. The highest BCUT2D eigenvalue weighted by molar-refractivity contribution is 7.91. The van der Waals surface area contributed by atoms with Gasteiger partial charge in [0.25, 0.3) is 0 Å². The van der Waals surface area contributed by atoms with Crippen LogP contribution in [0.25, 0.3) is 0 Å². The number of nitrogens with one attached hydrogen (secondary N) is 1. The Morgan fingerprint density at radius 1 is 1.29 bits per heavy atom. The Bertz CT molecular complexity index is 574. The van der Waals surface area contributed by atoms with E-state index in [2.05, 4.69) is 5.32 Å². The van der Waals surface area contributed by atoms with Gasteiger partial charge >= 0.3 is 0 Å². The third kappa shape index (κ3) is 5.66. The summed E-state index contributed by atoms with van der Waals surface area (Å²) in [4.78, 5) is 0. The van der Waals surface area contributed by atoms with Crippen LogP contribution in [-0.4, -0.2) is 32.6 Å². The SMILES string of the molecule is CCNCc1cc(Cl)cc(Cl)c1OCCS(=O)(=O)C(C)C. The summed E-state index contributed by atoms with van der Waals surface area (Å²) < 4.78 is 29.1. The summed E-state index contributed by atoms with van der Waals surface area (Å²) >= 11 is 12.1. The van der Waals surface area contributed by atoms with Crippen molar-refractivity contribution in [3.8, 4) is 5.75 Å². The summed E-state index contributed by atoms with van der Waals surface area (Å²) in [5, 5.41) is 3.66. The van der Waals surface area contributed by atoms with Crippen LogP contribution in [0.3, 0.4) is 0 Å². The molecular weight excluding hydrogens is 333 g/mol. The van der Waals surface area contributed by atoms with Gasteiger partial charge in [-0.2, -0.15) is 0 Å². The summed E-state index contributed by atoms with van der Waals surface area (Å²) in [6.45, 7) is 6.72. The molecular formula is C14H21Cl2NO3S. The fourth-order valence-corrected chi connectivity index (χ4v) is 3.04. The van der Waals surface area contributed by atoms with Crippen LogP contribution in [0, 0.1) is 0 Å². The molecule has 7 heteroatoms. The molecule has 4 nitrogen and oxygen atoms in total. The lowest BCUT2D eigenvalue weighted by Crippen LogP contribution is -2.22. The van der Waals surface area contributed by atoms with Crippen LogP contribution in [0.1, 0.15) is 26.3 Å². The van der Waals surface area contributed by atoms with Gasteiger partial charge in [-0.05, 0) is 32.5 Å². The number of ether oxygens (including phenoxy) is 1. The minimum atomic E-state index is -3.13. The van der Waals surface area contributed by atoms with E-state index in [0.717, 1.165) is 12.1 Å². The van der Waals surface area contributed by atoms with Crippen molar-refractivity contribution in [1.82, 2.24) is 5.32 Å². The molecule has 0 aliphatic carbocycles. The predicted octanol–water partition coefficient (Wildman–Crippen LogP) is 3.30. The molecule has 21 heavy (non-hydrogen) atoms. The summed E-state index contributed by atoms with van der Waals surface area (Å²) in [6.07, 6.45) is 0. The molecule has 0 atom stereocenters. The summed E-state index contributed by atoms with van der Waals surface area (Å²) in [5.41, 5.74) is 0.816. The number of hydrogen-bond donors (Lipinski definition) is 1. The molecule has 0 amide bonds. The van der Waals surface area contributed by atoms with E-state index in [4.69, 9.17) is 27.9 Å². The molecule has 0 aliphatic rings.